The van der Waals surface area contributed by atoms with E-state index in [4.69, 9.17) is 4.55 Å². The summed E-state index contributed by atoms with van der Waals surface area (Å²) in [5.74, 6) is -17.5. The molecule has 0 aromatic carbocycles. The molecule has 0 saturated heterocycles. The summed E-state index contributed by atoms with van der Waals surface area (Å²) >= 11 is 0. The van der Waals surface area contributed by atoms with E-state index in [-0.39, 0.29) is 0 Å². The normalized spacial score (nSPS) is 15.7. The first-order valence-electron chi connectivity index (χ1n) is 7.75. The van der Waals surface area contributed by atoms with Crippen LogP contribution in [-0.4, -0.2) is 60.1 Å². The fourth-order valence-corrected chi connectivity index (χ4v) is 2.16. The van der Waals surface area contributed by atoms with E-state index in [1.165, 1.54) is 0 Å². The average molecular weight is 495 g/mol. The van der Waals surface area contributed by atoms with Gasteiger partial charge >= 0.3 is 45.1 Å². The van der Waals surface area contributed by atoms with Gasteiger partial charge in [-0.15, -0.1) is 0 Å². The van der Waals surface area contributed by atoms with Crippen LogP contribution in [0.2, 0.25) is 0 Å². The van der Waals surface area contributed by atoms with Gasteiger partial charge in [0.1, 0.15) is 0 Å². The molecule has 0 aliphatic heterocycles. The molecular formula is C14H17F8NO7S. The molecule has 31 heavy (non-hydrogen) atoms. The number of hydrogen-bond acceptors (Lipinski definition) is 6. The average Bonchev–Trinajstić information content (AvgIpc) is 2.49. The molecule has 0 spiro atoms. The predicted molar refractivity (Wildman–Crippen MR) is 85.0 cm³/mol. The van der Waals surface area contributed by atoms with Gasteiger partial charge in [-0.25, -0.2) is 4.79 Å². The van der Waals surface area contributed by atoms with Gasteiger partial charge in [-0.1, -0.05) is 6.58 Å². The highest BCUT2D eigenvalue weighted by atomic mass is 32.2. The number of amides is 1. The van der Waals surface area contributed by atoms with Crippen molar-refractivity contribution < 1.29 is 67.2 Å². The molecule has 1 unspecified atom stereocenters. The first-order chi connectivity index (χ1) is 13.4. The van der Waals surface area contributed by atoms with E-state index in [9.17, 15) is 53.1 Å². The molecule has 0 aromatic heterocycles. The molecular weight excluding hydrogens is 478 g/mol. The van der Waals surface area contributed by atoms with Crippen LogP contribution in [0.1, 0.15) is 27.2 Å². The Morgan fingerprint density at radius 3 is 1.81 bits per heavy atom. The third-order valence-electron chi connectivity index (χ3n) is 3.09. The minimum atomic E-state index is -6.71. The zero-order valence-corrected chi connectivity index (χ0v) is 16.8. The van der Waals surface area contributed by atoms with Gasteiger partial charge in [0.25, 0.3) is 0 Å². The van der Waals surface area contributed by atoms with Crippen LogP contribution in [0.4, 0.5) is 35.1 Å². The van der Waals surface area contributed by atoms with Gasteiger partial charge in [0.15, 0.2) is 0 Å². The molecule has 0 aliphatic carbocycles. The van der Waals surface area contributed by atoms with E-state index in [0.717, 1.165) is 20.8 Å². The second-order valence-electron chi connectivity index (χ2n) is 6.91. The van der Waals surface area contributed by atoms with Crippen molar-refractivity contribution in [3.05, 3.63) is 12.4 Å². The lowest BCUT2D eigenvalue weighted by Gasteiger charge is -2.35. The summed E-state index contributed by atoms with van der Waals surface area (Å²) in [6.07, 6.45) is -8.59. The number of nitrogens with one attached hydrogen (secondary N) is 1. The van der Waals surface area contributed by atoms with Crippen molar-refractivity contribution in [2.75, 3.05) is 6.61 Å². The molecule has 182 valence electrons. The Kier molecular flexibility index (Phi) is 8.28. The fraction of sp³-hybridized carbons (Fsp3) is 0.714. The van der Waals surface area contributed by atoms with E-state index < -0.39 is 69.5 Å². The summed E-state index contributed by atoms with van der Waals surface area (Å²) in [4.78, 5) is 23.4. The summed E-state index contributed by atoms with van der Waals surface area (Å²) in [5, 5.41) is -4.52. The third kappa shape index (κ3) is 6.73. The number of carbonyl (C=O) groups is 2. The number of halogens is 8. The first kappa shape index (κ1) is 29.0. The van der Waals surface area contributed by atoms with E-state index in [1.54, 1.807) is 5.32 Å². The van der Waals surface area contributed by atoms with Crippen LogP contribution >= 0.6 is 0 Å². The smallest absolute Gasteiger partial charge is 0.410 e. The summed E-state index contributed by atoms with van der Waals surface area (Å²) in [6, 6.07) is 0. The highest BCUT2D eigenvalue weighted by Crippen LogP contribution is 2.42. The van der Waals surface area contributed by atoms with Crippen molar-refractivity contribution in [3.8, 4) is 0 Å². The van der Waals surface area contributed by atoms with Gasteiger partial charge in [0.2, 0.25) is 5.83 Å². The van der Waals surface area contributed by atoms with Crippen LogP contribution in [0.15, 0.2) is 12.4 Å². The van der Waals surface area contributed by atoms with Crippen molar-refractivity contribution in [1.29, 1.82) is 0 Å². The molecule has 0 rings (SSSR count). The van der Waals surface area contributed by atoms with E-state index in [1.807, 2.05) is 0 Å². The van der Waals surface area contributed by atoms with Crippen molar-refractivity contribution in [1.82, 2.24) is 5.32 Å². The molecule has 0 fully saturated rings. The molecule has 1 atom stereocenters. The molecule has 0 aliphatic rings. The molecule has 0 bridgehead atoms. The topological polar surface area (TPSA) is 119 Å². The SMILES string of the molecule is C=C(F)C(=O)OC(OCCC(F)(F)C(F)(F)S(=O)(=O)O)(C(=O)NC(C)(C)C)C(F)(F)F. The molecule has 0 radical (unpaired) electrons. The molecule has 1 amide bonds. The first-order valence-corrected chi connectivity index (χ1v) is 9.19. The molecule has 0 saturated carbocycles. The largest absolute Gasteiger partial charge is 0.466 e. The van der Waals surface area contributed by atoms with E-state index in [0.29, 0.717) is 0 Å². The fourth-order valence-electron chi connectivity index (χ4n) is 1.68. The van der Waals surface area contributed by atoms with Gasteiger partial charge in [0, 0.05) is 12.0 Å². The summed E-state index contributed by atoms with van der Waals surface area (Å²) in [7, 11) is -6.71. The molecule has 2 N–H and O–H groups in total. The van der Waals surface area contributed by atoms with Crippen LogP contribution < -0.4 is 5.32 Å². The number of rotatable bonds is 9. The van der Waals surface area contributed by atoms with Gasteiger partial charge in [-0.2, -0.15) is 43.5 Å². The maximum Gasteiger partial charge on any atom is 0.466 e. The maximum absolute atomic E-state index is 13.6. The maximum atomic E-state index is 13.6. The Balaban J connectivity index is 6.14. The van der Waals surface area contributed by atoms with Crippen LogP contribution in [0.25, 0.3) is 0 Å². The predicted octanol–water partition coefficient (Wildman–Crippen LogP) is 2.71. The van der Waals surface area contributed by atoms with Crippen LogP contribution in [0.3, 0.4) is 0 Å². The highest BCUT2D eigenvalue weighted by Gasteiger charge is 2.69. The number of alkyl halides is 7. The monoisotopic (exact) mass is 495 g/mol. The Bertz CT molecular complexity index is 820. The van der Waals surface area contributed by atoms with Gasteiger partial charge < -0.3 is 14.8 Å². The van der Waals surface area contributed by atoms with Gasteiger partial charge in [-0.3, -0.25) is 9.35 Å². The second kappa shape index (κ2) is 8.85. The summed E-state index contributed by atoms with van der Waals surface area (Å²) in [6.45, 7) is 3.53. The number of ether oxygens (including phenoxy) is 2. The lowest BCUT2D eigenvalue weighted by Crippen LogP contribution is -2.64. The summed E-state index contributed by atoms with van der Waals surface area (Å²) in [5.41, 5.74) is -1.49. The molecule has 0 aromatic rings. The molecule has 17 heteroatoms. The van der Waals surface area contributed by atoms with Crippen LogP contribution in [-0.2, 0) is 29.2 Å². The zero-order chi connectivity index (χ0) is 25.3. The van der Waals surface area contributed by atoms with E-state index in [2.05, 4.69) is 16.1 Å². The quantitative estimate of drug-likeness (QED) is 0.166. The van der Waals surface area contributed by atoms with Crippen molar-refractivity contribution in [3.63, 3.8) is 0 Å². The Labute approximate surface area is 170 Å². The van der Waals surface area contributed by atoms with Gasteiger partial charge in [0.05, 0.1) is 6.61 Å². The van der Waals surface area contributed by atoms with Crippen LogP contribution in [0, 0.1) is 0 Å². The lowest BCUT2D eigenvalue weighted by molar-refractivity contribution is -0.350. The minimum Gasteiger partial charge on any atom is -0.410 e. The Morgan fingerprint density at radius 1 is 1.03 bits per heavy atom. The standard InChI is InChI=1S/C14H17F8NO7S/c1-7(15)8(24)30-12(13(18,19)20,9(25)23-10(2,3)4)29-6-5-11(16,17)14(21,22)31(26,27)28/h1,5-6H2,2-4H3,(H,23,25)(H,26,27,28). The van der Waals surface area contributed by atoms with Gasteiger partial charge in [-0.05, 0) is 20.8 Å². The van der Waals surface area contributed by atoms with Crippen LogP contribution in [0.5, 0.6) is 0 Å². The van der Waals surface area contributed by atoms with Crippen molar-refractivity contribution >= 4 is 22.0 Å². The lowest BCUT2D eigenvalue weighted by atomic mass is 10.1. The Hall–Kier alpha value is -2.01. The third-order valence-corrected chi connectivity index (χ3v) is 4.04. The molecule has 8 nitrogen and oxygen atoms in total. The summed E-state index contributed by atoms with van der Waals surface area (Å²) < 4.78 is 144. The zero-order valence-electron chi connectivity index (χ0n) is 15.9. The van der Waals surface area contributed by atoms with Crippen molar-refractivity contribution in [2.24, 2.45) is 0 Å². The van der Waals surface area contributed by atoms with E-state index >= 15 is 0 Å². The number of hydrogen-bond donors (Lipinski definition) is 2. The minimum absolute atomic E-state index is 1.13. The number of carbonyl (C=O) groups excluding carboxylic acids is 2. The highest BCUT2D eigenvalue weighted by molar-refractivity contribution is 7.87. The molecule has 0 heterocycles. The number of esters is 1. The Morgan fingerprint density at radius 2 is 1.48 bits per heavy atom. The second-order valence-corrected chi connectivity index (χ2v) is 8.37. The van der Waals surface area contributed by atoms with Crippen molar-refractivity contribution in [2.45, 2.75) is 55.9 Å².